The summed E-state index contributed by atoms with van der Waals surface area (Å²) in [4.78, 5) is 11.8. The van der Waals surface area contributed by atoms with Crippen LogP contribution >= 0.6 is 0 Å². The largest absolute Gasteiger partial charge is 0.493 e. The Morgan fingerprint density at radius 1 is 1.24 bits per heavy atom. The van der Waals surface area contributed by atoms with Gasteiger partial charge in [0.05, 0.1) is 27.0 Å². The fraction of sp³-hybridized carbons (Fsp3) is 0.333. The monoisotopic (exact) mass is 369 g/mol. The Kier molecular flexibility index (Phi) is 5.99. The molecule has 0 fully saturated rings. The molecule has 10 heteroatoms. The lowest BCUT2D eigenvalue weighted by atomic mass is 10.2. The smallest absolute Gasteiger partial charge is 0.342 e. The molecule has 0 amide bonds. The highest BCUT2D eigenvalue weighted by molar-refractivity contribution is 7.89. The van der Waals surface area contributed by atoms with Gasteiger partial charge in [-0.15, -0.1) is 0 Å². The molecule has 2 aromatic rings. The summed E-state index contributed by atoms with van der Waals surface area (Å²) < 4.78 is 42.4. The van der Waals surface area contributed by atoms with Crippen LogP contribution in [0.5, 0.6) is 11.5 Å². The quantitative estimate of drug-likeness (QED) is 0.668. The van der Waals surface area contributed by atoms with E-state index < -0.39 is 16.0 Å². The first-order chi connectivity index (χ1) is 11.9. The van der Waals surface area contributed by atoms with Gasteiger partial charge in [-0.1, -0.05) is 6.07 Å². The molecule has 136 valence electrons. The van der Waals surface area contributed by atoms with Gasteiger partial charge in [-0.25, -0.2) is 17.9 Å². The van der Waals surface area contributed by atoms with Crippen LogP contribution in [0, 0.1) is 0 Å². The summed E-state index contributed by atoms with van der Waals surface area (Å²) in [6.45, 7) is 1.74. The highest BCUT2D eigenvalue weighted by Crippen LogP contribution is 2.27. The Morgan fingerprint density at radius 3 is 2.60 bits per heavy atom. The first-order valence-electron chi connectivity index (χ1n) is 7.34. The maximum atomic E-state index is 12.4. The lowest BCUT2D eigenvalue weighted by molar-refractivity contribution is 0.0522. The predicted octanol–water partition coefficient (Wildman–Crippen LogP) is 1.08. The first kappa shape index (κ1) is 18.7. The number of sulfonamides is 1. The van der Waals surface area contributed by atoms with E-state index >= 15 is 0 Å². The van der Waals surface area contributed by atoms with E-state index in [0.29, 0.717) is 17.1 Å². The van der Waals surface area contributed by atoms with Gasteiger partial charge in [0.15, 0.2) is 16.5 Å². The number of benzene rings is 1. The third kappa shape index (κ3) is 4.28. The first-order valence-corrected chi connectivity index (χ1v) is 8.82. The van der Waals surface area contributed by atoms with Crippen LogP contribution in [0.1, 0.15) is 22.8 Å². The van der Waals surface area contributed by atoms with Gasteiger partial charge in [0.2, 0.25) is 0 Å². The average molecular weight is 369 g/mol. The zero-order valence-corrected chi connectivity index (χ0v) is 14.8. The molecule has 0 aliphatic heterocycles. The van der Waals surface area contributed by atoms with Crippen LogP contribution in [0.15, 0.2) is 29.4 Å². The number of ether oxygens (including phenoxy) is 3. The number of aromatic amines is 1. The highest BCUT2D eigenvalue weighted by Gasteiger charge is 2.25. The molecule has 0 atom stereocenters. The van der Waals surface area contributed by atoms with Crippen LogP contribution < -0.4 is 14.2 Å². The molecule has 0 bridgehead atoms. The third-order valence-electron chi connectivity index (χ3n) is 3.28. The van der Waals surface area contributed by atoms with Gasteiger partial charge < -0.3 is 14.2 Å². The van der Waals surface area contributed by atoms with E-state index in [2.05, 4.69) is 14.9 Å². The van der Waals surface area contributed by atoms with Gasteiger partial charge in [-0.2, -0.15) is 5.10 Å². The number of carbonyl (C=O) groups excluding carboxylic acids is 1. The minimum Gasteiger partial charge on any atom is -0.493 e. The molecule has 0 spiro atoms. The Bertz CT molecular complexity index is 847. The molecule has 0 radical (unpaired) electrons. The van der Waals surface area contributed by atoms with Crippen molar-refractivity contribution in [2.45, 2.75) is 18.5 Å². The standard InChI is InChI=1S/C15H19N3O6S/c1-4-24-15(19)11-9-16-18-14(11)25(20,21)17-8-10-5-6-12(22-2)13(7-10)23-3/h5-7,9,17H,4,8H2,1-3H3,(H,16,18). The number of carbonyl (C=O) groups is 1. The fourth-order valence-electron chi connectivity index (χ4n) is 2.07. The Labute approximate surface area is 145 Å². The second-order valence-electron chi connectivity index (χ2n) is 4.85. The molecule has 0 saturated heterocycles. The molecular formula is C15H19N3O6S. The number of esters is 1. The van der Waals surface area contributed by atoms with Crippen molar-refractivity contribution in [2.24, 2.45) is 0 Å². The van der Waals surface area contributed by atoms with Crippen molar-refractivity contribution in [1.29, 1.82) is 0 Å². The summed E-state index contributed by atoms with van der Waals surface area (Å²) in [6, 6.07) is 5.02. The maximum Gasteiger partial charge on any atom is 0.342 e. The topological polar surface area (TPSA) is 120 Å². The van der Waals surface area contributed by atoms with Crippen molar-refractivity contribution in [3.63, 3.8) is 0 Å². The van der Waals surface area contributed by atoms with Crippen molar-refractivity contribution in [3.05, 3.63) is 35.5 Å². The molecule has 1 aromatic heterocycles. The second-order valence-corrected chi connectivity index (χ2v) is 6.55. The average Bonchev–Trinajstić information content (AvgIpc) is 3.11. The molecule has 0 aliphatic rings. The normalized spacial score (nSPS) is 11.2. The number of nitrogens with one attached hydrogen (secondary N) is 2. The van der Waals surface area contributed by atoms with Crippen LogP contribution in [0.4, 0.5) is 0 Å². The van der Waals surface area contributed by atoms with E-state index in [4.69, 9.17) is 14.2 Å². The summed E-state index contributed by atoms with van der Waals surface area (Å²) >= 11 is 0. The number of nitrogens with zero attached hydrogens (tertiary/aromatic N) is 1. The van der Waals surface area contributed by atoms with E-state index in [1.807, 2.05) is 0 Å². The molecule has 1 aromatic carbocycles. The minimum atomic E-state index is -3.99. The molecule has 1 heterocycles. The molecule has 0 unspecified atom stereocenters. The van der Waals surface area contributed by atoms with Crippen LogP contribution in [0.2, 0.25) is 0 Å². The zero-order valence-electron chi connectivity index (χ0n) is 14.0. The molecule has 2 N–H and O–H groups in total. The molecule has 0 saturated carbocycles. The summed E-state index contributed by atoms with van der Waals surface area (Å²) in [5, 5.41) is 5.59. The number of methoxy groups -OCH3 is 2. The van der Waals surface area contributed by atoms with Crippen LogP contribution in [-0.4, -0.2) is 45.4 Å². The van der Waals surface area contributed by atoms with Crippen molar-refractivity contribution >= 4 is 16.0 Å². The predicted molar refractivity (Wildman–Crippen MR) is 88.1 cm³/mol. The Hall–Kier alpha value is -2.59. The highest BCUT2D eigenvalue weighted by atomic mass is 32.2. The molecule has 25 heavy (non-hydrogen) atoms. The molecule has 0 aliphatic carbocycles. The van der Waals surface area contributed by atoms with Crippen LogP contribution in [-0.2, 0) is 21.3 Å². The van der Waals surface area contributed by atoms with Crippen LogP contribution in [0.3, 0.4) is 0 Å². The summed E-state index contributed by atoms with van der Waals surface area (Å²) in [5.74, 6) is 0.253. The van der Waals surface area contributed by atoms with Gasteiger partial charge in [0.25, 0.3) is 10.0 Å². The number of aromatic nitrogens is 2. The van der Waals surface area contributed by atoms with Gasteiger partial charge in [-0.3, -0.25) is 5.10 Å². The van der Waals surface area contributed by atoms with E-state index in [1.54, 1.807) is 25.1 Å². The van der Waals surface area contributed by atoms with Gasteiger partial charge >= 0.3 is 5.97 Å². The number of hydrogen-bond donors (Lipinski definition) is 2. The van der Waals surface area contributed by atoms with E-state index in [0.717, 1.165) is 6.20 Å². The molecule has 2 rings (SSSR count). The Morgan fingerprint density at radius 2 is 1.96 bits per heavy atom. The van der Waals surface area contributed by atoms with E-state index in [-0.39, 0.29) is 23.7 Å². The fourth-order valence-corrected chi connectivity index (χ4v) is 3.17. The lowest BCUT2D eigenvalue weighted by Crippen LogP contribution is -2.25. The molecule has 9 nitrogen and oxygen atoms in total. The Balaban J connectivity index is 2.18. The van der Waals surface area contributed by atoms with Crippen molar-refractivity contribution in [1.82, 2.24) is 14.9 Å². The van der Waals surface area contributed by atoms with E-state index in [1.165, 1.54) is 14.2 Å². The summed E-state index contributed by atoms with van der Waals surface area (Å²) in [5.41, 5.74) is 0.500. The van der Waals surface area contributed by atoms with Gasteiger partial charge in [0.1, 0.15) is 5.56 Å². The lowest BCUT2D eigenvalue weighted by Gasteiger charge is -2.10. The second kappa shape index (κ2) is 7.99. The van der Waals surface area contributed by atoms with Crippen molar-refractivity contribution in [2.75, 3.05) is 20.8 Å². The number of rotatable bonds is 8. The number of H-pyrrole nitrogens is 1. The summed E-state index contributed by atoms with van der Waals surface area (Å²) in [6.07, 6.45) is 1.11. The zero-order chi connectivity index (χ0) is 18.4. The van der Waals surface area contributed by atoms with Gasteiger partial charge in [0, 0.05) is 6.54 Å². The molecular weight excluding hydrogens is 350 g/mol. The SMILES string of the molecule is CCOC(=O)c1cn[nH]c1S(=O)(=O)NCc1ccc(OC)c(OC)c1. The van der Waals surface area contributed by atoms with E-state index in [9.17, 15) is 13.2 Å². The van der Waals surface area contributed by atoms with Gasteiger partial charge in [-0.05, 0) is 24.6 Å². The maximum absolute atomic E-state index is 12.4. The third-order valence-corrected chi connectivity index (χ3v) is 4.66. The van der Waals surface area contributed by atoms with Crippen LogP contribution in [0.25, 0.3) is 0 Å². The van der Waals surface area contributed by atoms with Crippen molar-refractivity contribution in [3.8, 4) is 11.5 Å². The number of hydrogen-bond acceptors (Lipinski definition) is 7. The van der Waals surface area contributed by atoms with Crippen molar-refractivity contribution < 1.29 is 27.4 Å². The summed E-state index contributed by atoms with van der Waals surface area (Å²) in [7, 11) is -0.988. The minimum absolute atomic E-state index is 0.00995.